The number of carbonyl (C=O) groups is 1. The van der Waals surface area contributed by atoms with Gasteiger partial charge in [-0.15, -0.1) is 12.4 Å². The number of thiazole rings is 1. The smallest absolute Gasteiger partial charge is 0.230 e. The minimum atomic E-state index is 0. The topological polar surface area (TPSA) is 54.0 Å². The molecule has 0 spiro atoms. The van der Waals surface area contributed by atoms with Gasteiger partial charge in [0.1, 0.15) is 0 Å². The van der Waals surface area contributed by atoms with Crippen LogP contribution in [0.15, 0.2) is 36.5 Å². The van der Waals surface area contributed by atoms with Gasteiger partial charge in [-0.05, 0) is 24.9 Å². The number of hydrogen-bond donors (Lipinski definition) is 2. The van der Waals surface area contributed by atoms with Crippen LogP contribution in [0.25, 0.3) is 10.4 Å². The molecule has 21 heavy (non-hydrogen) atoms. The summed E-state index contributed by atoms with van der Waals surface area (Å²) in [5.74, 6) is 0.138. The van der Waals surface area contributed by atoms with E-state index in [0.717, 1.165) is 36.4 Å². The predicted octanol–water partition coefficient (Wildman–Crippen LogP) is 3.17. The van der Waals surface area contributed by atoms with E-state index in [1.165, 1.54) is 11.3 Å². The normalized spacial score (nSPS) is 17.8. The fraction of sp³-hybridized carbons (Fsp3) is 0.333. The van der Waals surface area contributed by atoms with Crippen LogP contribution < -0.4 is 10.6 Å². The number of benzene rings is 1. The first-order valence-electron chi connectivity index (χ1n) is 6.86. The van der Waals surface area contributed by atoms with Crippen LogP contribution in [0.1, 0.15) is 12.8 Å². The van der Waals surface area contributed by atoms with Crippen LogP contribution in [0.4, 0.5) is 5.13 Å². The second-order valence-corrected chi connectivity index (χ2v) is 5.96. The molecule has 0 aliphatic carbocycles. The van der Waals surface area contributed by atoms with E-state index in [4.69, 9.17) is 0 Å². The van der Waals surface area contributed by atoms with Crippen LogP contribution >= 0.6 is 23.7 Å². The number of hydrogen-bond acceptors (Lipinski definition) is 4. The Morgan fingerprint density at radius 3 is 2.86 bits per heavy atom. The highest BCUT2D eigenvalue weighted by Crippen LogP contribution is 2.29. The van der Waals surface area contributed by atoms with Gasteiger partial charge in [-0.2, -0.15) is 0 Å². The maximum Gasteiger partial charge on any atom is 0.230 e. The molecule has 3 rings (SSSR count). The van der Waals surface area contributed by atoms with Crippen LogP contribution in [0.2, 0.25) is 0 Å². The number of piperidine rings is 1. The van der Waals surface area contributed by atoms with E-state index in [1.807, 2.05) is 36.5 Å². The summed E-state index contributed by atoms with van der Waals surface area (Å²) in [4.78, 5) is 17.5. The molecule has 1 aliphatic heterocycles. The highest BCUT2D eigenvalue weighted by molar-refractivity contribution is 7.19. The van der Waals surface area contributed by atoms with E-state index in [0.29, 0.717) is 5.13 Å². The van der Waals surface area contributed by atoms with Crippen LogP contribution in [-0.4, -0.2) is 24.0 Å². The Labute approximate surface area is 134 Å². The van der Waals surface area contributed by atoms with Gasteiger partial charge in [0, 0.05) is 12.7 Å². The molecule has 0 bridgehead atoms. The average molecular weight is 324 g/mol. The summed E-state index contributed by atoms with van der Waals surface area (Å²) >= 11 is 1.51. The zero-order valence-corrected chi connectivity index (χ0v) is 13.2. The summed E-state index contributed by atoms with van der Waals surface area (Å²) in [6, 6.07) is 10.1. The molecule has 0 saturated carbocycles. The number of nitrogens with one attached hydrogen (secondary N) is 2. The Morgan fingerprint density at radius 1 is 1.33 bits per heavy atom. The number of carbonyl (C=O) groups excluding carboxylic acids is 1. The highest BCUT2D eigenvalue weighted by Gasteiger charge is 2.21. The lowest BCUT2D eigenvalue weighted by Gasteiger charge is -2.21. The fourth-order valence-corrected chi connectivity index (χ4v) is 3.18. The molecule has 1 aromatic heterocycles. The number of rotatable bonds is 3. The molecule has 2 aromatic rings. The van der Waals surface area contributed by atoms with Crippen LogP contribution in [0.3, 0.4) is 0 Å². The van der Waals surface area contributed by atoms with Gasteiger partial charge in [0.25, 0.3) is 0 Å². The van der Waals surface area contributed by atoms with Crippen molar-refractivity contribution in [1.82, 2.24) is 10.3 Å². The van der Waals surface area contributed by atoms with Crippen molar-refractivity contribution in [1.29, 1.82) is 0 Å². The van der Waals surface area contributed by atoms with Crippen molar-refractivity contribution in [2.75, 3.05) is 18.4 Å². The Morgan fingerprint density at radius 2 is 2.14 bits per heavy atom. The van der Waals surface area contributed by atoms with E-state index in [9.17, 15) is 4.79 Å². The standard InChI is InChI=1S/C15H17N3OS.ClH/c19-14(12-7-4-8-16-9-12)18-15-17-10-13(20-15)11-5-2-1-3-6-11;/h1-3,5-6,10,12,16H,4,7-9H2,(H,17,18,19);1H. The van der Waals surface area contributed by atoms with Gasteiger partial charge in [0.05, 0.1) is 10.8 Å². The lowest BCUT2D eigenvalue weighted by molar-refractivity contribution is -0.120. The summed E-state index contributed by atoms with van der Waals surface area (Å²) in [5.41, 5.74) is 1.13. The molecule has 6 heteroatoms. The monoisotopic (exact) mass is 323 g/mol. The van der Waals surface area contributed by atoms with Gasteiger partial charge in [-0.3, -0.25) is 4.79 Å². The van der Waals surface area contributed by atoms with Gasteiger partial charge in [-0.25, -0.2) is 4.98 Å². The molecular formula is C15H18ClN3OS. The van der Waals surface area contributed by atoms with Crippen molar-refractivity contribution in [2.24, 2.45) is 5.92 Å². The average Bonchev–Trinajstić information content (AvgIpc) is 2.97. The quantitative estimate of drug-likeness (QED) is 0.912. The van der Waals surface area contributed by atoms with E-state index < -0.39 is 0 Å². The minimum absolute atomic E-state index is 0. The molecule has 1 unspecified atom stereocenters. The van der Waals surface area contributed by atoms with Gasteiger partial charge in [0.15, 0.2) is 5.13 Å². The predicted molar refractivity (Wildman–Crippen MR) is 89.0 cm³/mol. The summed E-state index contributed by atoms with van der Waals surface area (Å²) in [6.45, 7) is 1.78. The number of amides is 1. The lowest BCUT2D eigenvalue weighted by atomic mass is 9.99. The summed E-state index contributed by atoms with van der Waals surface area (Å²) in [5, 5.41) is 6.87. The van der Waals surface area contributed by atoms with E-state index >= 15 is 0 Å². The van der Waals surface area contributed by atoms with Crippen LogP contribution in [-0.2, 0) is 4.79 Å². The van der Waals surface area contributed by atoms with Gasteiger partial charge in [-0.1, -0.05) is 41.7 Å². The summed E-state index contributed by atoms with van der Waals surface area (Å²) in [6.07, 6.45) is 3.83. The second kappa shape index (κ2) is 7.54. The molecule has 4 nitrogen and oxygen atoms in total. The summed E-state index contributed by atoms with van der Waals surface area (Å²) < 4.78 is 0. The largest absolute Gasteiger partial charge is 0.316 e. The van der Waals surface area contributed by atoms with Crippen LogP contribution in [0.5, 0.6) is 0 Å². The molecule has 1 atom stereocenters. The van der Waals surface area contributed by atoms with Crippen molar-refractivity contribution in [3.8, 4) is 10.4 Å². The van der Waals surface area contributed by atoms with Crippen molar-refractivity contribution in [3.63, 3.8) is 0 Å². The molecule has 1 aromatic carbocycles. The molecule has 2 N–H and O–H groups in total. The van der Waals surface area contributed by atoms with Crippen LogP contribution in [0, 0.1) is 5.92 Å². The number of aromatic nitrogens is 1. The zero-order valence-electron chi connectivity index (χ0n) is 11.5. The maximum atomic E-state index is 12.1. The maximum absolute atomic E-state index is 12.1. The number of nitrogens with zero attached hydrogens (tertiary/aromatic N) is 1. The Hall–Kier alpha value is -1.43. The SMILES string of the molecule is Cl.O=C(Nc1ncc(-c2ccccc2)s1)C1CCCNC1. The zero-order chi connectivity index (χ0) is 13.8. The number of halogens is 1. The fourth-order valence-electron chi connectivity index (χ4n) is 2.35. The minimum Gasteiger partial charge on any atom is -0.316 e. The molecule has 112 valence electrons. The van der Waals surface area contributed by atoms with Gasteiger partial charge < -0.3 is 10.6 Å². The van der Waals surface area contributed by atoms with E-state index in [1.54, 1.807) is 0 Å². The third-order valence-electron chi connectivity index (χ3n) is 3.46. The third-order valence-corrected chi connectivity index (χ3v) is 4.42. The second-order valence-electron chi connectivity index (χ2n) is 4.93. The lowest BCUT2D eigenvalue weighted by Crippen LogP contribution is -2.37. The van der Waals surface area contributed by atoms with Crippen molar-refractivity contribution >= 4 is 34.8 Å². The van der Waals surface area contributed by atoms with Gasteiger partial charge >= 0.3 is 0 Å². The Kier molecular flexibility index (Phi) is 5.73. The number of anilines is 1. The first-order chi connectivity index (χ1) is 9.83. The third kappa shape index (κ3) is 4.03. The first-order valence-corrected chi connectivity index (χ1v) is 7.67. The molecule has 1 aliphatic rings. The molecule has 1 fully saturated rings. The molecular weight excluding hydrogens is 306 g/mol. The van der Waals surface area contributed by atoms with Crippen molar-refractivity contribution in [2.45, 2.75) is 12.8 Å². The molecule has 1 saturated heterocycles. The van der Waals surface area contributed by atoms with Gasteiger partial charge in [0.2, 0.25) is 5.91 Å². The molecule has 0 radical (unpaired) electrons. The molecule has 1 amide bonds. The van der Waals surface area contributed by atoms with E-state index in [2.05, 4.69) is 15.6 Å². The van der Waals surface area contributed by atoms with Crippen molar-refractivity contribution < 1.29 is 4.79 Å². The highest BCUT2D eigenvalue weighted by atomic mass is 35.5. The Bertz CT molecular complexity index is 582. The Balaban J connectivity index is 0.00000161. The van der Waals surface area contributed by atoms with Crippen molar-refractivity contribution in [3.05, 3.63) is 36.5 Å². The van der Waals surface area contributed by atoms with E-state index in [-0.39, 0.29) is 24.2 Å². The summed E-state index contributed by atoms with van der Waals surface area (Å²) in [7, 11) is 0. The molecule has 2 heterocycles. The first kappa shape index (κ1) is 15.9.